The monoisotopic (exact) mass is 302 g/mol. The van der Waals surface area contributed by atoms with Gasteiger partial charge in [-0.15, -0.1) is 6.58 Å². The van der Waals surface area contributed by atoms with E-state index in [0.29, 0.717) is 12.5 Å². The second-order valence-electron chi connectivity index (χ2n) is 8.30. The van der Waals surface area contributed by atoms with E-state index in [4.69, 9.17) is 4.74 Å². The number of ether oxygens (including phenoxy) is 1. The van der Waals surface area contributed by atoms with Crippen molar-refractivity contribution in [3.8, 4) is 5.75 Å². The van der Waals surface area contributed by atoms with Gasteiger partial charge in [0, 0.05) is 11.1 Å². The molecule has 0 amide bonds. The maximum Gasteiger partial charge on any atom is 0.126 e. The normalized spacial score (nSPS) is 13.8. The van der Waals surface area contributed by atoms with Crippen molar-refractivity contribution in [2.45, 2.75) is 78.6 Å². The van der Waals surface area contributed by atoms with Crippen LogP contribution in [0.3, 0.4) is 0 Å². The minimum absolute atomic E-state index is 0.0639. The fraction of sp³-hybridized carbons (Fsp3) is 0.619. The molecule has 0 saturated carbocycles. The highest BCUT2D eigenvalue weighted by Crippen LogP contribution is 2.42. The van der Waals surface area contributed by atoms with Crippen LogP contribution in [0.1, 0.15) is 84.4 Å². The van der Waals surface area contributed by atoms with Crippen molar-refractivity contribution in [3.63, 3.8) is 0 Å². The van der Waals surface area contributed by atoms with Crippen LogP contribution in [0.15, 0.2) is 24.8 Å². The zero-order valence-corrected chi connectivity index (χ0v) is 15.8. The third kappa shape index (κ3) is 4.38. The van der Waals surface area contributed by atoms with Crippen LogP contribution in [0.4, 0.5) is 0 Å². The highest BCUT2D eigenvalue weighted by molar-refractivity contribution is 5.51. The van der Waals surface area contributed by atoms with E-state index in [1.54, 1.807) is 0 Å². The van der Waals surface area contributed by atoms with Crippen LogP contribution < -0.4 is 4.74 Å². The molecule has 0 aliphatic heterocycles. The Labute approximate surface area is 137 Å². The minimum atomic E-state index is 0.0639. The van der Waals surface area contributed by atoms with E-state index in [1.165, 1.54) is 16.7 Å². The Kier molecular flexibility index (Phi) is 5.89. The van der Waals surface area contributed by atoms with E-state index in [0.717, 1.165) is 12.2 Å². The molecular formula is C21H34O. The molecular weight excluding hydrogens is 268 g/mol. The Morgan fingerprint density at radius 3 is 1.82 bits per heavy atom. The summed E-state index contributed by atoms with van der Waals surface area (Å²) in [5.41, 5.74) is 4.14. The van der Waals surface area contributed by atoms with Crippen LogP contribution in [-0.4, -0.2) is 6.61 Å². The van der Waals surface area contributed by atoms with Gasteiger partial charge >= 0.3 is 0 Å². The molecule has 0 heterocycles. The molecule has 0 N–H and O–H groups in total. The Morgan fingerprint density at radius 1 is 1.05 bits per heavy atom. The average molecular weight is 303 g/mol. The maximum absolute atomic E-state index is 6.10. The first kappa shape index (κ1) is 18.8. The van der Waals surface area contributed by atoms with Crippen molar-refractivity contribution in [3.05, 3.63) is 41.5 Å². The molecule has 0 aliphatic rings. The van der Waals surface area contributed by atoms with E-state index < -0.39 is 0 Å². The molecule has 0 fully saturated rings. The zero-order valence-electron chi connectivity index (χ0n) is 15.8. The third-order valence-corrected chi connectivity index (χ3v) is 4.11. The molecule has 1 unspecified atom stereocenters. The van der Waals surface area contributed by atoms with Gasteiger partial charge in [0.15, 0.2) is 0 Å². The predicted octanol–water partition coefficient (Wildman–Crippen LogP) is 6.36. The van der Waals surface area contributed by atoms with Crippen molar-refractivity contribution in [2.75, 3.05) is 6.61 Å². The first-order chi connectivity index (χ1) is 10.0. The summed E-state index contributed by atoms with van der Waals surface area (Å²) in [7, 11) is 0. The standard InChI is InChI=1S/C21H34O/c1-10-12-15(3)16-13-17(20(4,5)6)19(22-11-2)18(14-16)21(7,8)9/h10,13-15H,1,11-12H2,2-9H3. The topological polar surface area (TPSA) is 9.23 Å². The van der Waals surface area contributed by atoms with Gasteiger partial charge in [-0.25, -0.2) is 0 Å². The van der Waals surface area contributed by atoms with Gasteiger partial charge in [0.25, 0.3) is 0 Å². The Bertz CT molecular complexity index is 477. The van der Waals surface area contributed by atoms with E-state index in [2.05, 4.69) is 74.1 Å². The second kappa shape index (κ2) is 6.89. The number of hydrogen-bond acceptors (Lipinski definition) is 1. The van der Waals surface area contributed by atoms with Crippen molar-refractivity contribution in [2.24, 2.45) is 0 Å². The highest BCUT2D eigenvalue weighted by Gasteiger charge is 2.28. The average Bonchev–Trinajstić information content (AvgIpc) is 2.36. The number of benzene rings is 1. The molecule has 0 aromatic heterocycles. The Balaban J connectivity index is 3.64. The first-order valence-corrected chi connectivity index (χ1v) is 8.45. The summed E-state index contributed by atoms with van der Waals surface area (Å²) in [6, 6.07) is 4.68. The molecule has 0 bridgehead atoms. The number of rotatable bonds is 5. The van der Waals surface area contributed by atoms with E-state index in [9.17, 15) is 0 Å². The van der Waals surface area contributed by atoms with Crippen molar-refractivity contribution in [1.29, 1.82) is 0 Å². The molecule has 1 atom stereocenters. The summed E-state index contributed by atoms with van der Waals surface area (Å²) < 4.78 is 6.10. The van der Waals surface area contributed by atoms with Gasteiger partial charge in [0.2, 0.25) is 0 Å². The van der Waals surface area contributed by atoms with Gasteiger partial charge in [-0.3, -0.25) is 0 Å². The summed E-state index contributed by atoms with van der Waals surface area (Å²) >= 11 is 0. The SMILES string of the molecule is C=CCC(C)c1cc(C(C)(C)C)c(OCC)c(C(C)(C)C)c1. The molecule has 1 rings (SSSR count). The lowest BCUT2D eigenvalue weighted by Crippen LogP contribution is -2.20. The van der Waals surface area contributed by atoms with Crippen LogP contribution in [0.2, 0.25) is 0 Å². The van der Waals surface area contributed by atoms with Gasteiger partial charge in [-0.1, -0.05) is 66.7 Å². The quantitative estimate of drug-likeness (QED) is 0.575. The zero-order chi connectivity index (χ0) is 17.1. The summed E-state index contributed by atoms with van der Waals surface area (Å²) in [6.07, 6.45) is 3.01. The lowest BCUT2D eigenvalue weighted by Gasteiger charge is -2.31. The van der Waals surface area contributed by atoms with Gasteiger partial charge in [-0.05, 0) is 35.7 Å². The molecule has 1 aromatic carbocycles. The fourth-order valence-electron chi connectivity index (χ4n) is 2.74. The summed E-state index contributed by atoms with van der Waals surface area (Å²) in [6.45, 7) is 22.5. The minimum Gasteiger partial charge on any atom is -0.493 e. The molecule has 0 spiro atoms. The molecule has 1 aromatic rings. The predicted molar refractivity (Wildman–Crippen MR) is 98.2 cm³/mol. The Hall–Kier alpha value is -1.24. The van der Waals surface area contributed by atoms with Gasteiger partial charge in [-0.2, -0.15) is 0 Å². The lowest BCUT2D eigenvalue weighted by atomic mass is 9.77. The number of hydrogen-bond donors (Lipinski definition) is 0. The smallest absolute Gasteiger partial charge is 0.126 e. The van der Waals surface area contributed by atoms with Crippen LogP contribution in [-0.2, 0) is 10.8 Å². The Morgan fingerprint density at radius 2 is 1.50 bits per heavy atom. The molecule has 22 heavy (non-hydrogen) atoms. The molecule has 1 nitrogen and oxygen atoms in total. The largest absolute Gasteiger partial charge is 0.493 e. The van der Waals surface area contributed by atoms with Crippen LogP contribution in [0.5, 0.6) is 5.75 Å². The lowest BCUT2D eigenvalue weighted by molar-refractivity contribution is 0.319. The number of allylic oxidation sites excluding steroid dienone is 1. The van der Waals surface area contributed by atoms with Gasteiger partial charge in [0.1, 0.15) is 5.75 Å². The van der Waals surface area contributed by atoms with Crippen molar-refractivity contribution in [1.82, 2.24) is 0 Å². The second-order valence-corrected chi connectivity index (χ2v) is 8.30. The molecule has 0 aliphatic carbocycles. The summed E-state index contributed by atoms with van der Waals surface area (Å²) in [5, 5.41) is 0. The van der Waals surface area contributed by atoms with E-state index in [1.807, 2.05) is 6.08 Å². The van der Waals surface area contributed by atoms with E-state index in [-0.39, 0.29) is 10.8 Å². The first-order valence-electron chi connectivity index (χ1n) is 8.45. The van der Waals surface area contributed by atoms with E-state index >= 15 is 0 Å². The van der Waals surface area contributed by atoms with Gasteiger partial charge < -0.3 is 4.74 Å². The maximum atomic E-state index is 6.10. The van der Waals surface area contributed by atoms with Crippen molar-refractivity contribution >= 4 is 0 Å². The van der Waals surface area contributed by atoms with Crippen LogP contribution in [0, 0.1) is 0 Å². The third-order valence-electron chi connectivity index (χ3n) is 4.11. The fourth-order valence-corrected chi connectivity index (χ4v) is 2.74. The highest BCUT2D eigenvalue weighted by atomic mass is 16.5. The molecule has 0 radical (unpaired) electrons. The molecule has 1 heteroatoms. The van der Waals surface area contributed by atoms with Crippen molar-refractivity contribution < 1.29 is 4.74 Å². The van der Waals surface area contributed by atoms with Crippen LogP contribution >= 0.6 is 0 Å². The van der Waals surface area contributed by atoms with Gasteiger partial charge in [0.05, 0.1) is 6.61 Å². The summed E-state index contributed by atoms with van der Waals surface area (Å²) in [5.74, 6) is 1.56. The molecule has 0 saturated heterocycles. The van der Waals surface area contributed by atoms with Crippen LogP contribution in [0.25, 0.3) is 0 Å². The summed E-state index contributed by atoms with van der Waals surface area (Å²) in [4.78, 5) is 0. The molecule has 124 valence electrons.